The van der Waals surface area contributed by atoms with Crippen LogP contribution in [0.25, 0.3) is 0 Å². The topological polar surface area (TPSA) is 0 Å². The SMILES string of the molecule is C[PH](C)(C)C. The molecule has 0 aliphatic heterocycles. The van der Waals surface area contributed by atoms with E-state index in [1.165, 1.54) is 0 Å². The van der Waals surface area contributed by atoms with E-state index in [0.717, 1.165) is 0 Å². The second-order valence-electron chi connectivity index (χ2n) is 3.00. The van der Waals surface area contributed by atoms with Gasteiger partial charge in [0.05, 0.1) is 0 Å². The zero-order valence-corrected chi connectivity index (χ0v) is 5.50. The number of hydrogen-bond acceptors (Lipinski definition) is 0. The van der Waals surface area contributed by atoms with E-state index in [0.29, 0.717) is 0 Å². The first-order chi connectivity index (χ1) is 2.00. The van der Waals surface area contributed by atoms with E-state index >= 15 is 0 Å². The van der Waals surface area contributed by atoms with E-state index in [4.69, 9.17) is 0 Å². The first kappa shape index (κ1) is 5.43. The summed E-state index contributed by atoms with van der Waals surface area (Å²) in [5, 5.41) is 0. The van der Waals surface area contributed by atoms with Crippen LogP contribution in [0, 0.1) is 0 Å². The van der Waals surface area contributed by atoms with Gasteiger partial charge in [-0.05, 0) is 0 Å². The van der Waals surface area contributed by atoms with Crippen LogP contribution >= 0.6 is 7.26 Å². The quantitative estimate of drug-likeness (QED) is 0.394. The summed E-state index contributed by atoms with van der Waals surface area (Å²) in [6.07, 6.45) is 0. The van der Waals surface area contributed by atoms with Crippen LogP contribution in [0.5, 0.6) is 0 Å². The molecule has 0 heterocycles. The molecule has 0 saturated heterocycles. The monoisotopic (exact) mass is 92.1 g/mol. The zero-order valence-electron chi connectivity index (χ0n) is 4.50. The molecule has 0 fully saturated rings. The maximum atomic E-state index is 2.33. The van der Waals surface area contributed by atoms with E-state index in [2.05, 4.69) is 26.7 Å². The molecule has 0 aromatic rings. The Balaban J connectivity index is 3.02. The van der Waals surface area contributed by atoms with Crippen LogP contribution in [-0.2, 0) is 0 Å². The van der Waals surface area contributed by atoms with Gasteiger partial charge in [0.15, 0.2) is 0 Å². The van der Waals surface area contributed by atoms with Crippen molar-refractivity contribution in [3.8, 4) is 0 Å². The van der Waals surface area contributed by atoms with Crippen molar-refractivity contribution < 1.29 is 0 Å². The Bertz CT molecular complexity index is 19.1. The Kier molecular flexibility index (Phi) is 1.37. The molecule has 0 atom stereocenters. The van der Waals surface area contributed by atoms with E-state index in [1.807, 2.05) is 0 Å². The normalized spacial score (nSPS) is 15.2. The van der Waals surface area contributed by atoms with Crippen LogP contribution in [0.4, 0.5) is 0 Å². The molecule has 0 aliphatic rings. The second-order valence-corrected chi connectivity index (χ2v) is 9.00. The molecule has 0 spiro atoms. The van der Waals surface area contributed by atoms with Crippen molar-refractivity contribution in [1.82, 2.24) is 0 Å². The van der Waals surface area contributed by atoms with Crippen LogP contribution in [0.15, 0.2) is 0 Å². The van der Waals surface area contributed by atoms with Crippen molar-refractivity contribution in [2.75, 3.05) is 26.7 Å². The van der Waals surface area contributed by atoms with Gasteiger partial charge < -0.3 is 0 Å². The molecule has 0 aromatic heterocycles. The Morgan fingerprint density at radius 1 is 0.800 bits per heavy atom. The number of rotatable bonds is 0. The van der Waals surface area contributed by atoms with Crippen molar-refractivity contribution >= 4 is 7.26 Å². The van der Waals surface area contributed by atoms with E-state index in [-0.39, 0.29) is 0 Å². The van der Waals surface area contributed by atoms with Crippen LogP contribution in [0.1, 0.15) is 0 Å². The Morgan fingerprint density at radius 2 is 0.800 bits per heavy atom. The Hall–Kier alpha value is 0.430. The van der Waals surface area contributed by atoms with Crippen LogP contribution in [0.3, 0.4) is 0 Å². The standard InChI is InChI=1S/C4H13P/c1-5(2,3)4/h5H,1-4H3. The summed E-state index contributed by atoms with van der Waals surface area (Å²) >= 11 is 0. The molecular formula is C4H13P. The summed E-state index contributed by atoms with van der Waals surface area (Å²) in [5.74, 6) is 0. The van der Waals surface area contributed by atoms with Gasteiger partial charge in [0.1, 0.15) is 0 Å². The van der Waals surface area contributed by atoms with Gasteiger partial charge in [-0.1, -0.05) is 0 Å². The Morgan fingerprint density at radius 3 is 0.800 bits per heavy atom. The van der Waals surface area contributed by atoms with E-state index in [1.54, 1.807) is 0 Å². The predicted molar refractivity (Wildman–Crippen MR) is 32.0 cm³/mol. The molecule has 0 unspecified atom stereocenters. The van der Waals surface area contributed by atoms with Gasteiger partial charge in [0.25, 0.3) is 0 Å². The first-order valence-corrected chi connectivity index (χ1v) is 6.00. The molecule has 34 valence electrons. The van der Waals surface area contributed by atoms with Gasteiger partial charge in [-0.15, -0.1) is 0 Å². The molecule has 0 radical (unpaired) electrons. The van der Waals surface area contributed by atoms with Gasteiger partial charge in [0.2, 0.25) is 0 Å². The van der Waals surface area contributed by atoms with Crippen LogP contribution in [0.2, 0.25) is 0 Å². The molecule has 5 heavy (non-hydrogen) atoms. The molecule has 0 amide bonds. The fourth-order valence-corrected chi connectivity index (χ4v) is 0. The minimum absolute atomic E-state index is 0.611. The summed E-state index contributed by atoms with van der Waals surface area (Å²) in [6, 6.07) is 0. The summed E-state index contributed by atoms with van der Waals surface area (Å²) in [6.45, 7) is 9.31. The third-order valence-electron chi connectivity index (χ3n) is 0. The third kappa shape index (κ3) is 141. The molecule has 0 aliphatic carbocycles. The zero-order chi connectivity index (χ0) is 4.50. The van der Waals surface area contributed by atoms with Gasteiger partial charge in [-0.3, -0.25) is 0 Å². The maximum absolute atomic E-state index is 2.33. The van der Waals surface area contributed by atoms with Gasteiger partial charge in [-0.2, -0.15) is 0 Å². The number of hydrogen-bond donors (Lipinski definition) is 0. The summed E-state index contributed by atoms with van der Waals surface area (Å²) in [4.78, 5) is 0. The molecular weight excluding hydrogens is 79.0 g/mol. The molecule has 0 aromatic carbocycles. The van der Waals surface area contributed by atoms with Crippen molar-refractivity contribution in [3.63, 3.8) is 0 Å². The predicted octanol–water partition coefficient (Wildman–Crippen LogP) is 1.26. The average Bonchev–Trinajstić information content (AvgIpc) is 0.722. The molecule has 0 rings (SSSR count). The fourth-order valence-electron chi connectivity index (χ4n) is 0. The van der Waals surface area contributed by atoms with Crippen molar-refractivity contribution in [2.45, 2.75) is 0 Å². The van der Waals surface area contributed by atoms with Crippen LogP contribution < -0.4 is 0 Å². The summed E-state index contributed by atoms with van der Waals surface area (Å²) in [7, 11) is -0.611. The van der Waals surface area contributed by atoms with Crippen molar-refractivity contribution in [1.29, 1.82) is 0 Å². The van der Waals surface area contributed by atoms with Crippen molar-refractivity contribution in [3.05, 3.63) is 0 Å². The third-order valence-corrected chi connectivity index (χ3v) is 0. The molecule has 0 N–H and O–H groups in total. The molecule has 1 heteroatoms. The van der Waals surface area contributed by atoms with Gasteiger partial charge >= 0.3 is 33.9 Å². The van der Waals surface area contributed by atoms with Crippen molar-refractivity contribution in [2.24, 2.45) is 0 Å². The van der Waals surface area contributed by atoms with E-state index < -0.39 is 7.26 Å². The van der Waals surface area contributed by atoms with Crippen LogP contribution in [-0.4, -0.2) is 26.7 Å². The minimum atomic E-state index is -0.611. The molecule has 0 bridgehead atoms. The molecule has 0 saturated carbocycles. The first-order valence-electron chi connectivity index (χ1n) is 2.00. The fraction of sp³-hybridized carbons (Fsp3) is 1.00. The van der Waals surface area contributed by atoms with E-state index in [9.17, 15) is 0 Å². The summed E-state index contributed by atoms with van der Waals surface area (Å²) < 4.78 is 0. The summed E-state index contributed by atoms with van der Waals surface area (Å²) in [5.41, 5.74) is 0. The average molecular weight is 92.1 g/mol. The second kappa shape index (κ2) is 1.26. The molecule has 0 nitrogen and oxygen atoms in total. The Labute approximate surface area is 34.9 Å². The van der Waals surface area contributed by atoms with Gasteiger partial charge in [-0.25, -0.2) is 0 Å². The van der Waals surface area contributed by atoms with Gasteiger partial charge in [0, 0.05) is 0 Å².